The maximum absolute atomic E-state index is 15.2. The first-order valence-corrected chi connectivity index (χ1v) is 23.9. The second-order valence-corrected chi connectivity index (χ2v) is 22.3. The van der Waals surface area contributed by atoms with Gasteiger partial charge in [-0.3, -0.25) is 9.55 Å². The van der Waals surface area contributed by atoms with Gasteiger partial charge in [0.15, 0.2) is 0 Å². The van der Waals surface area contributed by atoms with Crippen molar-refractivity contribution in [3.63, 3.8) is 0 Å². The van der Waals surface area contributed by atoms with Gasteiger partial charge in [-0.25, -0.2) is 4.98 Å². The molecule has 0 saturated carbocycles. The van der Waals surface area contributed by atoms with Gasteiger partial charge in [-0.2, -0.15) is 13.2 Å². The van der Waals surface area contributed by atoms with E-state index < -0.39 is 11.7 Å². The van der Waals surface area contributed by atoms with Crippen LogP contribution in [0.1, 0.15) is 84.6 Å². The monoisotopic (exact) mass is 1120 g/mol. The van der Waals surface area contributed by atoms with Gasteiger partial charge >= 0.3 is 6.18 Å². The van der Waals surface area contributed by atoms with Crippen LogP contribution in [0.4, 0.5) is 13.2 Å². The Morgan fingerprint density at radius 1 is 0.638 bits per heavy atom. The smallest absolute Gasteiger partial charge is 0.417 e. The quantitative estimate of drug-likeness (QED) is 0.169. The minimum atomic E-state index is -4.57. The number of phenolic OH excluding ortho intramolecular Hbond substituents is 1. The summed E-state index contributed by atoms with van der Waals surface area (Å²) in [6.45, 7) is 19.2. The van der Waals surface area contributed by atoms with Crippen molar-refractivity contribution in [2.45, 2.75) is 85.7 Å². The van der Waals surface area contributed by atoms with Crippen molar-refractivity contribution in [2.24, 2.45) is 5.41 Å². The molecule has 0 bridgehead atoms. The van der Waals surface area contributed by atoms with E-state index >= 15 is 13.2 Å². The summed E-state index contributed by atoms with van der Waals surface area (Å²) < 4.78 is 49.2. The molecule has 0 aliphatic rings. The number of hydrogen-bond acceptors (Lipinski definition) is 4. The predicted molar refractivity (Wildman–Crippen MR) is 277 cm³/mol. The summed E-state index contributed by atoms with van der Waals surface area (Å²) in [6.07, 6.45) is -4.06. The van der Waals surface area contributed by atoms with E-state index in [2.05, 4.69) is 88.6 Å². The average molecular weight is 1120 g/mol. The van der Waals surface area contributed by atoms with Gasteiger partial charge in [0.05, 0.1) is 33.5 Å². The molecule has 4 nitrogen and oxygen atoms in total. The molecule has 0 atom stereocenters. The van der Waals surface area contributed by atoms with Gasteiger partial charge in [-0.1, -0.05) is 135 Å². The summed E-state index contributed by atoms with van der Waals surface area (Å²) in [7, 11) is 0. The minimum Gasteiger partial charge on any atom is -0.507 e. The Morgan fingerprint density at radius 3 is 2.00 bits per heavy atom. The van der Waals surface area contributed by atoms with E-state index in [0.717, 1.165) is 54.5 Å². The summed E-state index contributed by atoms with van der Waals surface area (Å²) in [6, 6.07) is 48.8. The van der Waals surface area contributed by atoms with Crippen LogP contribution < -0.4 is 0 Å². The summed E-state index contributed by atoms with van der Waals surface area (Å²) >= 11 is 1.35. The summed E-state index contributed by atoms with van der Waals surface area (Å²) in [5.41, 5.74) is 9.41. The second kappa shape index (κ2) is 17.4. The third kappa shape index (κ3) is 8.91. The van der Waals surface area contributed by atoms with Crippen LogP contribution in [0.5, 0.6) is 5.75 Å². The number of nitrogens with zero attached hydrogens (tertiary/aromatic N) is 3. The van der Waals surface area contributed by atoms with Crippen LogP contribution in [0.25, 0.3) is 92.7 Å². The molecule has 69 heavy (non-hydrogen) atoms. The van der Waals surface area contributed by atoms with Crippen LogP contribution in [-0.2, 0) is 44.5 Å². The fourth-order valence-corrected chi connectivity index (χ4v) is 10.9. The first-order valence-electron chi connectivity index (χ1n) is 23.1. The Balaban J connectivity index is 0.00000593. The second-order valence-electron chi connectivity index (χ2n) is 21.3. The van der Waals surface area contributed by atoms with Crippen molar-refractivity contribution < 1.29 is 39.3 Å². The number of rotatable bonds is 6. The zero-order valence-corrected chi connectivity index (χ0v) is 43.2. The van der Waals surface area contributed by atoms with Crippen LogP contribution in [-0.4, -0.2) is 19.6 Å². The maximum Gasteiger partial charge on any atom is 0.417 e. The number of thiophene rings is 1. The van der Waals surface area contributed by atoms with E-state index in [-0.39, 0.29) is 48.4 Å². The number of aromatic hydroxyl groups is 1. The van der Waals surface area contributed by atoms with Crippen molar-refractivity contribution in [3.8, 4) is 56.5 Å². The number of halogens is 3. The molecule has 0 saturated heterocycles. The first-order chi connectivity index (χ1) is 32.1. The number of alkyl halides is 3. The maximum atomic E-state index is 15.2. The van der Waals surface area contributed by atoms with E-state index in [1.165, 1.54) is 23.0 Å². The largest absolute Gasteiger partial charge is 0.507 e. The fraction of sp³-hybridized carbons (Fsp3) is 0.233. The van der Waals surface area contributed by atoms with Gasteiger partial charge in [-0.15, -0.1) is 47.2 Å². The Bertz CT molecular complexity index is 3590. The standard InChI is InChI=1S/C60H53F3N3OS.Pt/c1-57(2,3)34-35-29-38-23-26-41-44-33-47(64-52(37-19-14-11-15-20-37)55(44)68-54(41)51(38)46(30-35)60(61,62)63)42-21-16-22-49-53(42)65-56(45-32-40(59(7,8)9)25-28-50(45)67)66(49)48-27-24-39(58(4,5)6)31-43(48)36-17-12-10-13-18-36;/h10-19,21-33,67H,34H2,1-9H3;/q-1;. The molecular formula is C60H53F3N3OPtS-. The average Bonchev–Trinajstić information content (AvgIpc) is 3.86. The Kier molecular flexibility index (Phi) is 12.1. The molecular weight excluding hydrogens is 1060 g/mol. The van der Waals surface area contributed by atoms with Crippen LogP contribution in [0.3, 0.4) is 0 Å². The van der Waals surface area contributed by atoms with Gasteiger partial charge in [0.25, 0.3) is 0 Å². The van der Waals surface area contributed by atoms with E-state index in [0.29, 0.717) is 50.4 Å². The summed E-state index contributed by atoms with van der Waals surface area (Å²) in [5.74, 6) is 0.665. The molecule has 0 aliphatic heterocycles. The van der Waals surface area contributed by atoms with E-state index in [4.69, 9.17) is 9.97 Å². The van der Waals surface area contributed by atoms with Gasteiger partial charge in [0.1, 0.15) is 11.6 Å². The van der Waals surface area contributed by atoms with Gasteiger partial charge in [0, 0.05) is 58.1 Å². The first kappa shape index (κ1) is 48.0. The molecule has 0 radical (unpaired) electrons. The van der Waals surface area contributed by atoms with Crippen molar-refractivity contribution in [1.29, 1.82) is 0 Å². The fourth-order valence-electron chi connectivity index (χ4n) is 9.51. The van der Waals surface area contributed by atoms with Crippen LogP contribution in [0.2, 0.25) is 0 Å². The molecule has 3 aromatic heterocycles. The molecule has 1 N–H and O–H groups in total. The number of fused-ring (bicyclic) bond motifs is 6. The Labute approximate surface area is 420 Å². The molecule has 0 amide bonds. The van der Waals surface area contributed by atoms with Crippen LogP contribution in [0.15, 0.2) is 140 Å². The number of phenols is 1. The van der Waals surface area contributed by atoms with Crippen molar-refractivity contribution in [3.05, 3.63) is 168 Å². The van der Waals surface area contributed by atoms with Gasteiger partial charge < -0.3 is 5.11 Å². The molecule has 10 rings (SSSR count). The molecule has 0 aliphatic carbocycles. The number of aromatic nitrogens is 3. The molecule has 0 fully saturated rings. The molecule has 0 spiro atoms. The predicted octanol–water partition coefficient (Wildman–Crippen LogP) is 17.3. The molecule has 352 valence electrons. The number of para-hydroxylation sites is 1. The van der Waals surface area contributed by atoms with Crippen molar-refractivity contribution in [1.82, 2.24) is 14.5 Å². The molecule has 9 heteroatoms. The molecule has 10 aromatic rings. The summed E-state index contributed by atoms with van der Waals surface area (Å²) in [5, 5.41) is 14.1. The minimum absolute atomic E-state index is 0. The number of hydrogen-bond donors (Lipinski definition) is 1. The molecule has 3 heterocycles. The third-order valence-electron chi connectivity index (χ3n) is 12.9. The zero-order chi connectivity index (χ0) is 48.1. The van der Waals surface area contributed by atoms with E-state index in [1.807, 2.05) is 112 Å². The number of pyridine rings is 1. The topological polar surface area (TPSA) is 50.9 Å². The van der Waals surface area contributed by atoms with Crippen molar-refractivity contribution >= 4 is 53.3 Å². The summed E-state index contributed by atoms with van der Waals surface area (Å²) in [4.78, 5) is 10.9. The zero-order valence-electron chi connectivity index (χ0n) is 40.1. The van der Waals surface area contributed by atoms with Crippen LogP contribution >= 0.6 is 11.3 Å². The molecule has 0 unspecified atom stereocenters. The number of benzene rings is 7. The van der Waals surface area contributed by atoms with Gasteiger partial charge in [0.2, 0.25) is 0 Å². The SMILES string of the molecule is CC(C)(C)Cc1cc(C(F)(F)F)c2c(ccc3c4cc(-c5cccc6c5nc(-c5cc(C(C)(C)C)ccc5O)n6-c5ccc(C(C)(C)C)cc5-c5ccccc5)nc(-c5[c-]cccc5)c4sc32)c1.[Pt]. The normalized spacial score (nSPS) is 12.6. The third-order valence-corrected chi connectivity index (χ3v) is 14.1. The van der Waals surface area contributed by atoms with Gasteiger partial charge in [-0.05, 0) is 98.2 Å². The Hall–Kier alpha value is -6.08. The number of imidazole rings is 1. The van der Waals surface area contributed by atoms with E-state index in [1.54, 1.807) is 6.07 Å². The van der Waals surface area contributed by atoms with Crippen LogP contribution in [0, 0.1) is 11.5 Å². The molecule has 7 aromatic carbocycles. The van der Waals surface area contributed by atoms with E-state index in [9.17, 15) is 5.11 Å². The Morgan fingerprint density at radius 2 is 1.33 bits per heavy atom. The van der Waals surface area contributed by atoms with Crippen molar-refractivity contribution in [2.75, 3.05) is 0 Å².